The molecule has 0 fully saturated rings. The molecule has 0 saturated heterocycles. The fourth-order valence-electron chi connectivity index (χ4n) is 2.56. The van der Waals surface area contributed by atoms with E-state index in [1.165, 1.54) is 37.8 Å². The monoisotopic (exact) mass is 446 g/mol. The van der Waals surface area contributed by atoms with Gasteiger partial charge in [0.15, 0.2) is 17.3 Å². The Morgan fingerprint density at radius 2 is 1.47 bits per heavy atom. The van der Waals surface area contributed by atoms with E-state index in [0.29, 0.717) is 17.9 Å². The summed E-state index contributed by atoms with van der Waals surface area (Å²) in [6.07, 6.45) is 6.90. The number of aromatic hydroxyl groups is 1. The second kappa shape index (κ2) is 21.7. The van der Waals surface area contributed by atoms with Crippen LogP contribution in [0.25, 0.3) is 0 Å². The summed E-state index contributed by atoms with van der Waals surface area (Å²) in [6, 6.07) is 13.0. The first kappa shape index (κ1) is 31.7. The molecule has 0 bridgehead atoms. The third-order valence-electron chi connectivity index (χ3n) is 4.35. The van der Waals surface area contributed by atoms with Gasteiger partial charge < -0.3 is 14.6 Å². The first-order valence-corrected chi connectivity index (χ1v) is 12.1. The van der Waals surface area contributed by atoms with Crippen molar-refractivity contribution in [2.45, 2.75) is 87.0 Å². The van der Waals surface area contributed by atoms with Gasteiger partial charge in [-0.05, 0) is 62.1 Å². The molecule has 4 nitrogen and oxygen atoms in total. The van der Waals surface area contributed by atoms with Gasteiger partial charge in [-0.3, -0.25) is 4.79 Å². The zero-order valence-corrected chi connectivity index (χ0v) is 21.7. The van der Waals surface area contributed by atoms with E-state index in [0.717, 1.165) is 25.0 Å². The number of ether oxygens (including phenoxy) is 2. The fraction of sp³-hybridized carbons (Fsp3) is 0.536. The maximum absolute atomic E-state index is 11.1. The predicted octanol–water partition coefficient (Wildman–Crippen LogP) is 8.25. The number of phenols is 1. The lowest BCUT2D eigenvalue weighted by atomic mass is 10.1. The molecule has 0 aliphatic rings. The van der Waals surface area contributed by atoms with Crippen molar-refractivity contribution in [1.82, 2.24) is 0 Å². The number of carbonyl (C=O) groups excluding carboxylic acids is 1. The summed E-state index contributed by atoms with van der Waals surface area (Å²) in [5.74, 6) is 1.39. The highest BCUT2D eigenvalue weighted by atomic mass is 16.5. The molecular formula is C28H46O4. The normalized spacial score (nSPS) is 9.12. The zero-order chi connectivity index (χ0) is 24.8. The largest absolute Gasteiger partial charge is 0.504 e. The van der Waals surface area contributed by atoms with Crippen molar-refractivity contribution in [3.63, 3.8) is 0 Å². The molecule has 0 atom stereocenters. The first-order valence-electron chi connectivity index (χ1n) is 12.1. The topological polar surface area (TPSA) is 55.8 Å². The summed E-state index contributed by atoms with van der Waals surface area (Å²) in [7, 11) is 1.70. The Labute approximate surface area is 197 Å². The highest BCUT2D eigenvalue weighted by molar-refractivity contribution is 5.94. The van der Waals surface area contributed by atoms with Gasteiger partial charge in [0.25, 0.3) is 0 Å². The van der Waals surface area contributed by atoms with E-state index >= 15 is 0 Å². The minimum Gasteiger partial charge on any atom is -0.504 e. The lowest BCUT2D eigenvalue weighted by Crippen LogP contribution is -1.99. The van der Waals surface area contributed by atoms with Crippen molar-refractivity contribution in [1.29, 1.82) is 0 Å². The molecule has 2 aromatic carbocycles. The standard InChI is InChI=1S/C13H18O3.C11H16O.2C2H6/c1-3-4-5-8-16-13-9-11(10(2)14)6-7-12(13)15;1-3-4-5-10-6-8-11(12-2)9-7-10;2*1-2/h6-7,9,15H,3-5,8H2,1-2H3;6-9H,3-5H2,1-2H3;2*1-2H3. The molecule has 32 heavy (non-hydrogen) atoms. The number of ketones is 1. The Bertz CT molecular complexity index is 693. The molecule has 0 unspecified atom stereocenters. The average Bonchev–Trinajstić information content (AvgIpc) is 2.84. The summed E-state index contributed by atoms with van der Waals surface area (Å²) in [4.78, 5) is 11.1. The summed E-state index contributed by atoms with van der Waals surface area (Å²) in [5, 5.41) is 9.54. The highest BCUT2D eigenvalue weighted by Crippen LogP contribution is 2.27. The zero-order valence-electron chi connectivity index (χ0n) is 21.7. The molecule has 0 aliphatic carbocycles. The maximum Gasteiger partial charge on any atom is 0.161 e. The molecule has 0 heterocycles. The van der Waals surface area contributed by atoms with Crippen molar-refractivity contribution in [3.8, 4) is 17.2 Å². The van der Waals surface area contributed by atoms with Crippen LogP contribution in [0.15, 0.2) is 42.5 Å². The van der Waals surface area contributed by atoms with Crippen LogP contribution in [0, 0.1) is 0 Å². The molecular weight excluding hydrogens is 400 g/mol. The van der Waals surface area contributed by atoms with E-state index in [4.69, 9.17) is 9.47 Å². The van der Waals surface area contributed by atoms with Crippen LogP contribution in [0.3, 0.4) is 0 Å². The minimum absolute atomic E-state index is 0.0293. The highest BCUT2D eigenvalue weighted by Gasteiger charge is 2.06. The Hall–Kier alpha value is -2.49. The Kier molecular flexibility index (Phi) is 21.5. The van der Waals surface area contributed by atoms with Crippen molar-refractivity contribution < 1.29 is 19.4 Å². The molecule has 0 spiro atoms. The van der Waals surface area contributed by atoms with Crippen LogP contribution >= 0.6 is 0 Å². The van der Waals surface area contributed by atoms with Gasteiger partial charge in [-0.1, -0.05) is 72.9 Å². The van der Waals surface area contributed by atoms with Crippen LogP contribution in [0.1, 0.15) is 96.5 Å². The molecule has 182 valence electrons. The third-order valence-corrected chi connectivity index (χ3v) is 4.35. The number of methoxy groups -OCH3 is 1. The number of rotatable bonds is 10. The van der Waals surface area contributed by atoms with E-state index in [9.17, 15) is 9.90 Å². The minimum atomic E-state index is -0.0293. The maximum atomic E-state index is 11.1. The lowest BCUT2D eigenvalue weighted by Gasteiger charge is -2.08. The van der Waals surface area contributed by atoms with Crippen LogP contribution in [-0.2, 0) is 6.42 Å². The van der Waals surface area contributed by atoms with E-state index < -0.39 is 0 Å². The molecule has 2 rings (SSSR count). The van der Waals surface area contributed by atoms with E-state index in [1.54, 1.807) is 19.2 Å². The van der Waals surface area contributed by atoms with Crippen LogP contribution in [0.4, 0.5) is 0 Å². The van der Waals surface area contributed by atoms with Crippen LogP contribution in [0.5, 0.6) is 17.2 Å². The third kappa shape index (κ3) is 14.5. The van der Waals surface area contributed by atoms with E-state index in [1.807, 2.05) is 39.8 Å². The number of Topliss-reactive ketones (excluding diaryl/α,β-unsaturated/α-hetero) is 1. The lowest BCUT2D eigenvalue weighted by molar-refractivity contribution is 0.101. The molecule has 4 heteroatoms. The second-order valence-electron chi connectivity index (χ2n) is 6.75. The Balaban J connectivity index is 0. The number of hydrogen-bond donors (Lipinski definition) is 1. The van der Waals surface area contributed by atoms with Gasteiger partial charge >= 0.3 is 0 Å². The van der Waals surface area contributed by atoms with Gasteiger partial charge in [0, 0.05) is 5.56 Å². The number of unbranched alkanes of at least 4 members (excludes halogenated alkanes) is 3. The van der Waals surface area contributed by atoms with Crippen molar-refractivity contribution >= 4 is 5.78 Å². The average molecular weight is 447 g/mol. The number of aryl methyl sites for hydroxylation is 1. The first-order chi connectivity index (χ1) is 15.5. The van der Waals surface area contributed by atoms with Crippen molar-refractivity contribution in [2.75, 3.05) is 13.7 Å². The van der Waals surface area contributed by atoms with Gasteiger partial charge in [-0.25, -0.2) is 0 Å². The number of hydrogen-bond acceptors (Lipinski definition) is 4. The molecule has 0 aliphatic heterocycles. The van der Waals surface area contributed by atoms with Crippen LogP contribution in [-0.4, -0.2) is 24.6 Å². The van der Waals surface area contributed by atoms with Crippen LogP contribution < -0.4 is 9.47 Å². The number of benzene rings is 2. The van der Waals surface area contributed by atoms with Gasteiger partial charge in [-0.15, -0.1) is 0 Å². The summed E-state index contributed by atoms with van der Waals surface area (Å²) >= 11 is 0. The predicted molar refractivity (Wildman–Crippen MR) is 137 cm³/mol. The summed E-state index contributed by atoms with van der Waals surface area (Å²) < 4.78 is 10.5. The summed E-state index contributed by atoms with van der Waals surface area (Å²) in [5.41, 5.74) is 1.96. The van der Waals surface area contributed by atoms with E-state index in [-0.39, 0.29) is 11.5 Å². The van der Waals surface area contributed by atoms with Crippen molar-refractivity contribution in [2.24, 2.45) is 0 Å². The second-order valence-corrected chi connectivity index (χ2v) is 6.75. The fourth-order valence-corrected chi connectivity index (χ4v) is 2.56. The molecule has 0 saturated carbocycles. The molecule has 0 radical (unpaired) electrons. The van der Waals surface area contributed by atoms with Crippen molar-refractivity contribution in [3.05, 3.63) is 53.6 Å². The van der Waals surface area contributed by atoms with Gasteiger partial charge in [0.05, 0.1) is 13.7 Å². The van der Waals surface area contributed by atoms with Gasteiger partial charge in [0.1, 0.15) is 5.75 Å². The molecule has 0 amide bonds. The van der Waals surface area contributed by atoms with Gasteiger partial charge in [0.2, 0.25) is 0 Å². The number of phenolic OH excluding ortho intramolecular Hbond substituents is 1. The molecule has 1 N–H and O–H groups in total. The quantitative estimate of drug-likeness (QED) is 0.295. The Morgan fingerprint density at radius 3 is 1.97 bits per heavy atom. The Morgan fingerprint density at radius 1 is 0.875 bits per heavy atom. The van der Waals surface area contributed by atoms with Gasteiger partial charge in [-0.2, -0.15) is 0 Å². The summed E-state index contributed by atoms with van der Waals surface area (Å²) in [6.45, 7) is 14.4. The van der Waals surface area contributed by atoms with Crippen LogP contribution in [0.2, 0.25) is 0 Å². The van der Waals surface area contributed by atoms with E-state index in [2.05, 4.69) is 26.0 Å². The SMILES string of the molecule is CC.CC.CCCCCOc1cc(C(C)=O)ccc1O.CCCCc1ccc(OC)cc1. The molecule has 0 aromatic heterocycles. The number of carbonyl (C=O) groups is 1. The molecule has 2 aromatic rings. The smallest absolute Gasteiger partial charge is 0.161 e.